The normalized spacial score (nSPS) is 11.6. The van der Waals surface area contributed by atoms with Crippen molar-refractivity contribution in [2.24, 2.45) is 0 Å². The van der Waals surface area contributed by atoms with E-state index in [9.17, 15) is 17.2 Å². The van der Waals surface area contributed by atoms with Crippen LogP contribution in [0.15, 0.2) is 65.7 Å². The van der Waals surface area contributed by atoms with Crippen LogP contribution in [0.5, 0.6) is 0 Å². The number of nitrogens with one attached hydrogen (secondary N) is 1. The third-order valence-electron chi connectivity index (χ3n) is 4.33. The first-order valence-electron chi connectivity index (χ1n) is 8.53. The molecule has 10 heteroatoms. The number of fused-ring (bicyclic) bond motifs is 1. The van der Waals surface area contributed by atoms with Crippen LogP contribution in [0.3, 0.4) is 0 Å². The summed E-state index contributed by atoms with van der Waals surface area (Å²) in [7, 11) is -4.30. The van der Waals surface area contributed by atoms with Crippen molar-refractivity contribution < 1.29 is 21.6 Å². The molecule has 0 amide bonds. The summed E-state index contributed by atoms with van der Waals surface area (Å²) < 4.78 is 70.0. The summed E-state index contributed by atoms with van der Waals surface area (Å²) in [6.07, 6.45) is 1.41. The first kappa shape index (κ1) is 19.6. The van der Waals surface area contributed by atoms with Crippen LogP contribution in [-0.2, 0) is 10.0 Å². The van der Waals surface area contributed by atoms with Crippen LogP contribution in [0.4, 0.5) is 24.8 Å². The molecule has 0 spiro atoms. The molecule has 1 aromatic heterocycles. The van der Waals surface area contributed by atoms with Crippen molar-refractivity contribution in [3.63, 3.8) is 0 Å². The molecule has 0 aliphatic carbocycles. The van der Waals surface area contributed by atoms with Crippen molar-refractivity contribution in [2.45, 2.75) is 4.90 Å². The van der Waals surface area contributed by atoms with Gasteiger partial charge in [-0.3, -0.25) is 4.72 Å². The van der Waals surface area contributed by atoms with E-state index in [2.05, 4.69) is 9.97 Å². The number of nitrogen functional groups attached to an aromatic ring is 1. The van der Waals surface area contributed by atoms with E-state index in [4.69, 9.17) is 5.73 Å². The number of anilines is 2. The molecule has 4 rings (SSSR count). The molecule has 0 fully saturated rings. The maximum Gasteiger partial charge on any atom is 0.262 e. The van der Waals surface area contributed by atoms with Crippen LogP contribution in [0.1, 0.15) is 0 Å². The average Bonchev–Trinajstić information content (AvgIpc) is 2.70. The molecule has 6 nitrogen and oxygen atoms in total. The number of halogens is 3. The molecule has 0 aliphatic heterocycles. The fourth-order valence-corrected chi connectivity index (χ4v) is 4.03. The molecular weight excluding hydrogens is 417 g/mol. The van der Waals surface area contributed by atoms with E-state index in [1.54, 1.807) is 0 Å². The van der Waals surface area contributed by atoms with Gasteiger partial charge in [0.1, 0.15) is 11.6 Å². The summed E-state index contributed by atoms with van der Waals surface area (Å²) in [5.74, 6) is -2.72. The number of hydrogen-bond donors (Lipinski definition) is 2. The Kier molecular flexibility index (Phi) is 4.78. The Morgan fingerprint density at radius 2 is 1.77 bits per heavy atom. The number of benzene rings is 3. The van der Waals surface area contributed by atoms with Gasteiger partial charge in [0.25, 0.3) is 10.0 Å². The van der Waals surface area contributed by atoms with E-state index < -0.39 is 43.6 Å². The van der Waals surface area contributed by atoms with Gasteiger partial charge in [-0.1, -0.05) is 12.1 Å². The van der Waals surface area contributed by atoms with E-state index in [0.29, 0.717) is 10.9 Å². The quantitative estimate of drug-likeness (QED) is 0.508. The van der Waals surface area contributed by atoms with Gasteiger partial charge in [-0.05, 0) is 48.0 Å². The third kappa shape index (κ3) is 3.64. The van der Waals surface area contributed by atoms with Gasteiger partial charge in [-0.2, -0.15) is 0 Å². The molecule has 0 aliphatic rings. The van der Waals surface area contributed by atoms with E-state index in [0.717, 1.165) is 30.3 Å². The first-order chi connectivity index (χ1) is 14.2. The number of rotatable bonds is 4. The summed E-state index contributed by atoms with van der Waals surface area (Å²) in [6, 6.07) is 10.5. The monoisotopic (exact) mass is 430 g/mol. The van der Waals surface area contributed by atoms with E-state index in [1.165, 1.54) is 30.5 Å². The zero-order chi connectivity index (χ0) is 21.5. The van der Waals surface area contributed by atoms with Gasteiger partial charge in [0.05, 0.1) is 21.7 Å². The summed E-state index contributed by atoms with van der Waals surface area (Å²) in [5, 5.41) is 0.492. The van der Waals surface area contributed by atoms with Crippen molar-refractivity contribution in [3.05, 3.63) is 78.2 Å². The van der Waals surface area contributed by atoms with Crippen molar-refractivity contribution in [1.82, 2.24) is 9.97 Å². The third-order valence-corrected chi connectivity index (χ3v) is 5.69. The highest BCUT2D eigenvalue weighted by molar-refractivity contribution is 7.92. The predicted octanol–water partition coefficient (Wildman–Crippen LogP) is 4.10. The highest BCUT2D eigenvalue weighted by Crippen LogP contribution is 2.33. The minimum atomic E-state index is -4.30. The lowest BCUT2D eigenvalue weighted by Crippen LogP contribution is -2.14. The molecule has 3 aromatic carbocycles. The van der Waals surface area contributed by atoms with Crippen LogP contribution in [0.25, 0.3) is 22.0 Å². The van der Waals surface area contributed by atoms with E-state index in [1.807, 2.05) is 4.72 Å². The number of nitrogens with two attached hydrogens (primary N) is 1. The Morgan fingerprint density at radius 3 is 2.53 bits per heavy atom. The SMILES string of the molecule is Nc1ncc2cc(-c3c(F)ccc(NS(=O)(=O)c4cccc(F)c4)c3F)ccc2n1. The van der Waals surface area contributed by atoms with Gasteiger partial charge < -0.3 is 5.73 Å². The Balaban J connectivity index is 1.78. The van der Waals surface area contributed by atoms with Crippen LogP contribution < -0.4 is 10.5 Å². The lowest BCUT2D eigenvalue weighted by Gasteiger charge is -2.13. The Labute approximate surface area is 169 Å². The topological polar surface area (TPSA) is 98.0 Å². The maximum absolute atomic E-state index is 15.1. The molecule has 3 N–H and O–H groups in total. The fraction of sp³-hybridized carbons (Fsp3) is 0. The molecule has 152 valence electrons. The van der Waals surface area contributed by atoms with Crippen LogP contribution in [0, 0.1) is 17.5 Å². The highest BCUT2D eigenvalue weighted by atomic mass is 32.2. The zero-order valence-corrected chi connectivity index (χ0v) is 15.9. The summed E-state index contributed by atoms with van der Waals surface area (Å²) in [6.45, 7) is 0. The van der Waals surface area contributed by atoms with Crippen LogP contribution >= 0.6 is 0 Å². The lowest BCUT2D eigenvalue weighted by atomic mass is 10.0. The van der Waals surface area contributed by atoms with Gasteiger partial charge in [0, 0.05) is 11.6 Å². The number of hydrogen-bond acceptors (Lipinski definition) is 5. The maximum atomic E-state index is 15.1. The lowest BCUT2D eigenvalue weighted by molar-refractivity contribution is 0.586. The second-order valence-corrected chi connectivity index (χ2v) is 8.03. The molecule has 0 atom stereocenters. The molecule has 1 heterocycles. The number of aromatic nitrogens is 2. The fourth-order valence-electron chi connectivity index (χ4n) is 2.94. The van der Waals surface area contributed by atoms with Crippen LogP contribution in [0.2, 0.25) is 0 Å². The van der Waals surface area contributed by atoms with Crippen LogP contribution in [-0.4, -0.2) is 18.4 Å². The molecule has 30 heavy (non-hydrogen) atoms. The van der Waals surface area contributed by atoms with Gasteiger partial charge in [-0.15, -0.1) is 0 Å². The minimum Gasteiger partial charge on any atom is -0.368 e. The molecule has 0 unspecified atom stereocenters. The average molecular weight is 430 g/mol. The number of nitrogens with zero attached hydrogens (tertiary/aromatic N) is 2. The molecule has 0 saturated carbocycles. The summed E-state index contributed by atoms with van der Waals surface area (Å²) >= 11 is 0. The standard InChI is InChI=1S/C20H13F3N4O2S/c21-13-2-1-3-14(9-13)30(28,29)27-17-7-5-15(22)18(19(17)23)11-4-6-16-12(8-11)10-25-20(24)26-16/h1-10,27H,(H2,24,25,26). The van der Waals surface area contributed by atoms with Gasteiger partial charge >= 0.3 is 0 Å². The molecular formula is C20H13F3N4O2S. The Morgan fingerprint density at radius 1 is 0.967 bits per heavy atom. The van der Waals surface area contributed by atoms with Gasteiger partial charge in [-0.25, -0.2) is 31.6 Å². The Hall–Kier alpha value is -3.66. The summed E-state index contributed by atoms with van der Waals surface area (Å²) in [5.41, 5.74) is 5.24. The molecule has 0 bridgehead atoms. The van der Waals surface area contributed by atoms with Crippen molar-refractivity contribution in [1.29, 1.82) is 0 Å². The summed E-state index contributed by atoms with van der Waals surface area (Å²) in [4.78, 5) is 7.47. The number of sulfonamides is 1. The Bertz CT molecular complexity index is 1390. The first-order valence-corrected chi connectivity index (χ1v) is 10.0. The molecule has 0 radical (unpaired) electrons. The molecule has 4 aromatic rings. The molecule has 0 saturated heterocycles. The zero-order valence-electron chi connectivity index (χ0n) is 15.1. The van der Waals surface area contributed by atoms with E-state index in [-0.39, 0.29) is 11.5 Å². The van der Waals surface area contributed by atoms with E-state index >= 15 is 4.39 Å². The smallest absolute Gasteiger partial charge is 0.262 e. The van der Waals surface area contributed by atoms with Crippen molar-refractivity contribution in [2.75, 3.05) is 10.5 Å². The van der Waals surface area contributed by atoms with Crippen molar-refractivity contribution in [3.8, 4) is 11.1 Å². The van der Waals surface area contributed by atoms with Gasteiger partial charge in [0.2, 0.25) is 5.95 Å². The minimum absolute atomic E-state index is 0.0568. The second kappa shape index (κ2) is 7.30. The highest BCUT2D eigenvalue weighted by Gasteiger charge is 2.21. The van der Waals surface area contributed by atoms with Gasteiger partial charge in [0.15, 0.2) is 5.82 Å². The van der Waals surface area contributed by atoms with Crippen molar-refractivity contribution >= 4 is 32.6 Å². The second-order valence-electron chi connectivity index (χ2n) is 6.35. The largest absolute Gasteiger partial charge is 0.368 e. The predicted molar refractivity (Wildman–Crippen MR) is 107 cm³/mol.